The molecular formula is C25H32N4O2. The molecule has 0 saturated carbocycles. The quantitative estimate of drug-likeness (QED) is 0.567. The Kier molecular flexibility index (Phi) is 7.45. The second-order valence-electron chi connectivity index (χ2n) is 8.13. The first-order valence-corrected chi connectivity index (χ1v) is 11.1. The van der Waals surface area contributed by atoms with Crippen LogP contribution in [0.4, 0.5) is 5.95 Å². The molecule has 0 aliphatic rings. The number of benzene rings is 2. The third-order valence-electron chi connectivity index (χ3n) is 5.43. The predicted molar refractivity (Wildman–Crippen MR) is 127 cm³/mol. The van der Waals surface area contributed by atoms with Crippen LogP contribution in [-0.4, -0.2) is 35.1 Å². The third kappa shape index (κ3) is 5.32. The summed E-state index contributed by atoms with van der Waals surface area (Å²) in [4.78, 5) is 32.9. The molecule has 3 aromatic rings. The second kappa shape index (κ2) is 10.2. The minimum absolute atomic E-state index is 0.0949. The van der Waals surface area contributed by atoms with Crippen LogP contribution in [0.1, 0.15) is 50.0 Å². The van der Waals surface area contributed by atoms with Crippen LogP contribution in [0.2, 0.25) is 0 Å². The van der Waals surface area contributed by atoms with Gasteiger partial charge in [-0.2, -0.15) is 0 Å². The Morgan fingerprint density at radius 3 is 2.45 bits per heavy atom. The summed E-state index contributed by atoms with van der Waals surface area (Å²) in [5.74, 6) is 1.02. The van der Waals surface area contributed by atoms with Gasteiger partial charge < -0.3 is 10.2 Å². The highest BCUT2D eigenvalue weighted by Gasteiger charge is 2.17. The summed E-state index contributed by atoms with van der Waals surface area (Å²) in [6, 6.07) is 15.1. The fourth-order valence-electron chi connectivity index (χ4n) is 3.58. The molecule has 0 fully saturated rings. The number of amides is 1. The van der Waals surface area contributed by atoms with Gasteiger partial charge in [0, 0.05) is 25.2 Å². The number of fused-ring (bicyclic) bond motifs is 1. The summed E-state index contributed by atoms with van der Waals surface area (Å²) in [5.41, 5.74) is 2.02. The molecular weight excluding hydrogens is 388 g/mol. The highest BCUT2D eigenvalue weighted by atomic mass is 16.1. The Balaban J connectivity index is 2.04. The number of hydrogen-bond donors (Lipinski definition) is 1. The monoisotopic (exact) mass is 420 g/mol. The van der Waals surface area contributed by atoms with E-state index in [0.29, 0.717) is 41.4 Å². The Morgan fingerprint density at radius 2 is 1.81 bits per heavy atom. The van der Waals surface area contributed by atoms with Crippen molar-refractivity contribution in [3.63, 3.8) is 0 Å². The summed E-state index contributed by atoms with van der Waals surface area (Å²) in [5, 5.41) is 3.47. The van der Waals surface area contributed by atoms with Gasteiger partial charge in [-0.3, -0.25) is 14.2 Å². The van der Waals surface area contributed by atoms with Gasteiger partial charge in [-0.25, -0.2) is 4.98 Å². The molecule has 164 valence electrons. The van der Waals surface area contributed by atoms with Crippen molar-refractivity contribution in [2.45, 2.75) is 40.7 Å². The first-order valence-electron chi connectivity index (χ1n) is 11.1. The third-order valence-corrected chi connectivity index (χ3v) is 5.43. The summed E-state index contributed by atoms with van der Waals surface area (Å²) in [6.45, 7) is 10.9. The van der Waals surface area contributed by atoms with E-state index < -0.39 is 0 Å². The largest absolute Gasteiger partial charge is 0.352 e. The lowest BCUT2D eigenvalue weighted by Gasteiger charge is -2.24. The molecule has 1 aromatic heterocycles. The normalized spacial score (nSPS) is 11.1. The Morgan fingerprint density at radius 1 is 1.10 bits per heavy atom. The Hall–Kier alpha value is -3.15. The van der Waals surface area contributed by atoms with E-state index in [0.717, 1.165) is 25.1 Å². The zero-order chi connectivity index (χ0) is 22.4. The van der Waals surface area contributed by atoms with E-state index >= 15 is 0 Å². The minimum atomic E-state index is -0.137. The van der Waals surface area contributed by atoms with Crippen LogP contribution in [0.3, 0.4) is 0 Å². The van der Waals surface area contributed by atoms with Crippen LogP contribution in [-0.2, 0) is 6.54 Å². The summed E-state index contributed by atoms with van der Waals surface area (Å²) >= 11 is 0. The van der Waals surface area contributed by atoms with Crippen molar-refractivity contribution in [2.24, 2.45) is 5.92 Å². The van der Waals surface area contributed by atoms with Crippen LogP contribution in [0, 0.1) is 5.92 Å². The molecule has 0 aliphatic heterocycles. The maximum absolute atomic E-state index is 13.4. The van der Waals surface area contributed by atoms with Crippen molar-refractivity contribution in [3.8, 4) is 0 Å². The topological polar surface area (TPSA) is 67.2 Å². The van der Waals surface area contributed by atoms with Gasteiger partial charge in [-0.1, -0.05) is 44.2 Å². The maximum Gasteiger partial charge on any atom is 0.263 e. The van der Waals surface area contributed by atoms with Gasteiger partial charge in [-0.15, -0.1) is 0 Å². The lowest BCUT2D eigenvalue weighted by atomic mass is 10.1. The van der Waals surface area contributed by atoms with Gasteiger partial charge >= 0.3 is 0 Å². The Labute approximate surface area is 183 Å². The molecule has 6 heteroatoms. The molecule has 1 N–H and O–H groups in total. The molecule has 0 unspecified atom stereocenters. The average Bonchev–Trinajstić information content (AvgIpc) is 2.77. The standard InChI is InChI=1S/C25H32N4O2/c1-5-28(6-2)25-27-22-16-20(23(30)26-15-14-18(3)4)12-13-21(22)24(31)29(25)17-19-10-8-7-9-11-19/h7-13,16,18H,5-6,14-15,17H2,1-4H3,(H,26,30). The number of aromatic nitrogens is 2. The molecule has 31 heavy (non-hydrogen) atoms. The number of nitrogens with zero attached hydrogens (tertiary/aromatic N) is 3. The van der Waals surface area contributed by atoms with Crippen LogP contribution in [0.25, 0.3) is 10.9 Å². The molecule has 1 amide bonds. The summed E-state index contributed by atoms with van der Waals surface area (Å²) in [6.07, 6.45) is 0.924. The molecule has 0 atom stereocenters. The van der Waals surface area contributed by atoms with Gasteiger partial charge in [0.2, 0.25) is 5.95 Å². The van der Waals surface area contributed by atoms with Gasteiger partial charge in [0.15, 0.2) is 0 Å². The van der Waals surface area contributed by atoms with Gasteiger partial charge in [-0.05, 0) is 49.9 Å². The van der Waals surface area contributed by atoms with E-state index in [-0.39, 0.29) is 11.5 Å². The van der Waals surface area contributed by atoms with Crippen molar-refractivity contribution < 1.29 is 4.79 Å². The first kappa shape index (κ1) is 22.5. The van der Waals surface area contributed by atoms with E-state index in [1.54, 1.807) is 22.8 Å². The van der Waals surface area contributed by atoms with Crippen LogP contribution in [0.5, 0.6) is 0 Å². The number of rotatable bonds is 9. The maximum atomic E-state index is 13.4. The van der Waals surface area contributed by atoms with Crippen LogP contribution >= 0.6 is 0 Å². The van der Waals surface area contributed by atoms with Crippen molar-refractivity contribution >= 4 is 22.8 Å². The molecule has 0 spiro atoms. The van der Waals surface area contributed by atoms with Crippen LogP contribution < -0.4 is 15.8 Å². The summed E-state index contributed by atoms with van der Waals surface area (Å²) in [7, 11) is 0. The molecule has 0 aliphatic carbocycles. The molecule has 3 rings (SSSR count). The first-order chi connectivity index (χ1) is 14.9. The fraction of sp³-hybridized carbons (Fsp3) is 0.400. The smallest absolute Gasteiger partial charge is 0.263 e. The van der Waals surface area contributed by atoms with Gasteiger partial charge in [0.25, 0.3) is 11.5 Å². The second-order valence-corrected chi connectivity index (χ2v) is 8.13. The van der Waals surface area contributed by atoms with E-state index in [2.05, 4.69) is 24.1 Å². The molecule has 2 aromatic carbocycles. The van der Waals surface area contributed by atoms with E-state index in [1.165, 1.54) is 0 Å². The zero-order valence-corrected chi connectivity index (χ0v) is 18.9. The number of carbonyl (C=O) groups is 1. The van der Waals surface area contributed by atoms with Crippen LogP contribution in [0.15, 0.2) is 53.3 Å². The minimum Gasteiger partial charge on any atom is -0.352 e. The number of anilines is 1. The molecule has 1 heterocycles. The van der Waals surface area contributed by atoms with Crippen molar-refractivity contribution in [1.29, 1.82) is 0 Å². The number of hydrogen-bond acceptors (Lipinski definition) is 4. The molecule has 6 nitrogen and oxygen atoms in total. The SMILES string of the molecule is CCN(CC)c1nc2cc(C(=O)NCCC(C)C)ccc2c(=O)n1Cc1ccccc1. The fourth-order valence-corrected chi connectivity index (χ4v) is 3.58. The van der Waals surface area contributed by atoms with Crippen molar-refractivity contribution in [2.75, 3.05) is 24.5 Å². The molecule has 0 saturated heterocycles. The highest BCUT2D eigenvalue weighted by Crippen LogP contribution is 2.18. The summed E-state index contributed by atoms with van der Waals surface area (Å²) < 4.78 is 1.73. The zero-order valence-electron chi connectivity index (χ0n) is 18.9. The van der Waals surface area contributed by atoms with E-state index in [1.807, 2.05) is 44.2 Å². The van der Waals surface area contributed by atoms with Crippen molar-refractivity contribution in [1.82, 2.24) is 14.9 Å². The van der Waals surface area contributed by atoms with Crippen molar-refractivity contribution in [3.05, 3.63) is 70.0 Å². The molecule has 0 bridgehead atoms. The number of carbonyl (C=O) groups excluding carboxylic acids is 1. The molecule has 0 radical (unpaired) electrons. The van der Waals surface area contributed by atoms with Gasteiger partial charge in [0.05, 0.1) is 17.4 Å². The van der Waals surface area contributed by atoms with Gasteiger partial charge in [0.1, 0.15) is 0 Å². The van der Waals surface area contributed by atoms with E-state index in [9.17, 15) is 9.59 Å². The average molecular weight is 421 g/mol. The lowest BCUT2D eigenvalue weighted by Crippen LogP contribution is -2.33. The van der Waals surface area contributed by atoms with E-state index in [4.69, 9.17) is 4.98 Å². The Bertz CT molecular complexity index is 1090. The predicted octanol–water partition coefficient (Wildman–Crippen LogP) is 4.07. The highest BCUT2D eigenvalue weighted by molar-refractivity contribution is 5.97. The number of nitrogens with one attached hydrogen (secondary N) is 1. The lowest BCUT2D eigenvalue weighted by molar-refractivity contribution is 0.0952.